The van der Waals surface area contributed by atoms with E-state index in [1.807, 2.05) is 37.3 Å². The number of halogens is 1. The molecule has 1 unspecified atom stereocenters. The van der Waals surface area contributed by atoms with E-state index in [0.717, 1.165) is 5.56 Å². The van der Waals surface area contributed by atoms with Gasteiger partial charge >= 0.3 is 0 Å². The van der Waals surface area contributed by atoms with E-state index in [-0.39, 0.29) is 11.8 Å². The molecule has 0 aromatic heterocycles. The molecule has 0 aliphatic heterocycles. The largest absolute Gasteiger partial charge is 0.494 e. The Morgan fingerprint density at radius 3 is 2.62 bits per heavy atom. The zero-order chi connectivity index (χ0) is 15.2. The van der Waals surface area contributed by atoms with Crippen LogP contribution >= 0.6 is 0 Å². The number of hydrogen-bond acceptors (Lipinski definition) is 2. The molecule has 0 aliphatic rings. The van der Waals surface area contributed by atoms with Crippen molar-refractivity contribution in [2.45, 2.75) is 19.3 Å². The summed E-state index contributed by atoms with van der Waals surface area (Å²) in [6.07, 6.45) is 0.352. The minimum atomic E-state index is -0.400. The molecule has 0 heterocycles. The van der Waals surface area contributed by atoms with Gasteiger partial charge in [-0.1, -0.05) is 37.3 Å². The first kappa shape index (κ1) is 15.0. The van der Waals surface area contributed by atoms with E-state index >= 15 is 0 Å². The molecule has 4 heteroatoms. The monoisotopic (exact) mass is 287 g/mol. The predicted molar refractivity (Wildman–Crippen MR) is 81.1 cm³/mol. The Morgan fingerprint density at radius 1 is 1.24 bits per heavy atom. The van der Waals surface area contributed by atoms with Gasteiger partial charge in [-0.25, -0.2) is 4.39 Å². The Hall–Kier alpha value is -2.36. The number of amides is 1. The van der Waals surface area contributed by atoms with Crippen molar-refractivity contribution in [2.75, 3.05) is 12.4 Å². The number of methoxy groups -OCH3 is 1. The van der Waals surface area contributed by atoms with E-state index in [4.69, 9.17) is 4.74 Å². The lowest BCUT2D eigenvalue weighted by molar-refractivity contribution is -0.116. The Morgan fingerprint density at radius 2 is 1.95 bits per heavy atom. The molecule has 0 spiro atoms. The molecule has 0 fully saturated rings. The van der Waals surface area contributed by atoms with E-state index < -0.39 is 5.82 Å². The maximum absolute atomic E-state index is 13.1. The summed E-state index contributed by atoms with van der Waals surface area (Å²) in [6, 6.07) is 13.9. The van der Waals surface area contributed by atoms with Crippen molar-refractivity contribution in [1.29, 1.82) is 0 Å². The quantitative estimate of drug-likeness (QED) is 0.903. The molecule has 2 rings (SSSR count). The molecule has 0 saturated carbocycles. The lowest BCUT2D eigenvalue weighted by Crippen LogP contribution is -2.15. The number of nitrogens with one attached hydrogen (secondary N) is 1. The Balaban J connectivity index is 2.02. The fourth-order valence-electron chi connectivity index (χ4n) is 2.15. The predicted octanol–water partition coefficient (Wildman–Crippen LogP) is 3.97. The van der Waals surface area contributed by atoms with Gasteiger partial charge in [0.2, 0.25) is 5.91 Å². The van der Waals surface area contributed by atoms with Crippen LogP contribution in [0.15, 0.2) is 48.5 Å². The van der Waals surface area contributed by atoms with Crippen molar-refractivity contribution < 1.29 is 13.9 Å². The lowest BCUT2D eigenvalue weighted by Gasteiger charge is -2.13. The smallest absolute Gasteiger partial charge is 0.225 e. The van der Waals surface area contributed by atoms with Gasteiger partial charge in [0, 0.05) is 12.5 Å². The van der Waals surface area contributed by atoms with Crippen LogP contribution in [0.2, 0.25) is 0 Å². The summed E-state index contributed by atoms with van der Waals surface area (Å²) >= 11 is 0. The van der Waals surface area contributed by atoms with Gasteiger partial charge < -0.3 is 10.1 Å². The molecule has 1 N–H and O–H groups in total. The first-order valence-corrected chi connectivity index (χ1v) is 6.78. The normalized spacial score (nSPS) is 11.8. The third-order valence-electron chi connectivity index (χ3n) is 3.30. The molecule has 21 heavy (non-hydrogen) atoms. The molecule has 0 aliphatic carbocycles. The number of carbonyl (C=O) groups excluding carboxylic acids is 1. The maximum Gasteiger partial charge on any atom is 0.225 e. The Bertz CT molecular complexity index is 613. The Kier molecular flexibility index (Phi) is 4.93. The highest BCUT2D eigenvalue weighted by molar-refractivity contribution is 5.92. The average molecular weight is 287 g/mol. The fraction of sp³-hybridized carbons (Fsp3) is 0.235. The SMILES string of the molecule is COc1cc(F)ccc1NC(=O)CC(C)c1ccccc1. The van der Waals surface area contributed by atoms with Crippen LogP contribution in [0.3, 0.4) is 0 Å². The molecular weight excluding hydrogens is 269 g/mol. The maximum atomic E-state index is 13.1. The van der Waals surface area contributed by atoms with Crippen molar-refractivity contribution in [3.05, 3.63) is 59.9 Å². The fourth-order valence-corrected chi connectivity index (χ4v) is 2.15. The lowest BCUT2D eigenvalue weighted by atomic mass is 9.97. The molecule has 1 atom stereocenters. The summed E-state index contributed by atoms with van der Waals surface area (Å²) in [4.78, 5) is 12.1. The van der Waals surface area contributed by atoms with Gasteiger partial charge in [0.15, 0.2) is 0 Å². The molecule has 1 amide bonds. The highest BCUT2D eigenvalue weighted by atomic mass is 19.1. The standard InChI is InChI=1S/C17H18FNO2/c1-12(13-6-4-3-5-7-13)10-17(20)19-15-9-8-14(18)11-16(15)21-2/h3-9,11-12H,10H2,1-2H3,(H,19,20). The van der Waals surface area contributed by atoms with Crippen LogP contribution in [-0.2, 0) is 4.79 Å². The second-order valence-electron chi connectivity index (χ2n) is 4.91. The summed E-state index contributed by atoms with van der Waals surface area (Å²) < 4.78 is 18.2. The minimum Gasteiger partial charge on any atom is -0.494 e. The Labute approximate surface area is 123 Å². The van der Waals surface area contributed by atoms with Crippen molar-refractivity contribution >= 4 is 11.6 Å². The van der Waals surface area contributed by atoms with Gasteiger partial charge in [-0.15, -0.1) is 0 Å². The van der Waals surface area contributed by atoms with Crippen LogP contribution in [0.1, 0.15) is 24.8 Å². The molecule has 0 radical (unpaired) electrons. The van der Waals surface area contributed by atoms with Crippen LogP contribution in [0.5, 0.6) is 5.75 Å². The topological polar surface area (TPSA) is 38.3 Å². The summed E-state index contributed by atoms with van der Waals surface area (Å²) in [7, 11) is 1.44. The first-order chi connectivity index (χ1) is 10.1. The van der Waals surface area contributed by atoms with Crippen LogP contribution in [-0.4, -0.2) is 13.0 Å². The van der Waals surface area contributed by atoms with Gasteiger partial charge in [0.25, 0.3) is 0 Å². The van der Waals surface area contributed by atoms with E-state index in [1.165, 1.54) is 25.3 Å². The molecule has 0 saturated heterocycles. The third kappa shape index (κ3) is 4.05. The average Bonchev–Trinajstić information content (AvgIpc) is 2.49. The van der Waals surface area contributed by atoms with Gasteiger partial charge in [-0.2, -0.15) is 0 Å². The number of ether oxygens (including phenoxy) is 1. The van der Waals surface area contributed by atoms with Crippen molar-refractivity contribution in [3.63, 3.8) is 0 Å². The van der Waals surface area contributed by atoms with Gasteiger partial charge in [0.1, 0.15) is 11.6 Å². The zero-order valence-corrected chi connectivity index (χ0v) is 12.1. The van der Waals surface area contributed by atoms with Crippen molar-refractivity contribution in [3.8, 4) is 5.75 Å². The molecule has 2 aromatic rings. The van der Waals surface area contributed by atoms with E-state index in [2.05, 4.69) is 5.32 Å². The number of benzene rings is 2. The first-order valence-electron chi connectivity index (χ1n) is 6.78. The third-order valence-corrected chi connectivity index (χ3v) is 3.30. The summed E-state index contributed by atoms with van der Waals surface area (Å²) in [5.41, 5.74) is 1.59. The molecule has 3 nitrogen and oxygen atoms in total. The second-order valence-corrected chi connectivity index (χ2v) is 4.91. The summed E-state index contributed by atoms with van der Waals surface area (Å²) in [6.45, 7) is 2.00. The van der Waals surface area contributed by atoms with Gasteiger partial charge in [-0.3, -0.25) is 4.79 Å². The van der Waals surface area contributed by atoms with Crippen LogP contribution in [0, 0.1) is 5.82 Å². The number of rotatable bonds is 5. The number of anilines is 1. The highest BCUT2D eigenvalue weighted by Crippen LogP contribution is 2.26. The van der Waals surface area contributed by atoms with E-state index in [9.17, 15) is 9.18 Å². The van der Waals surface area contributed by atoms with Gasteiger partial charge in [0.05, 0.1) is 12.8 Å². The van der Waals surface area contributed by atoms with Crippen LogP contribution < -0.4 is 10.1 Å². The van der Waals surface area contributed by atoms with Crippen LogP contribution in [0.4, 0.5) is 10.1 Å². The summed E-state index contributed by atoms with van der Waals surface area (Å²) in [5, 5.41) is 2.76. The minimum absolute atomic E-state index is 0.109. The second kappa shape index (κ2) is 6.88. The van der Waals surface area contributed by atoms with Crippen LogP contribution in [0.25, 0.3) is 0 Å². The molecule has 0 bridgehead atoms. The number of carbonyl (C=O) groups is 1. The van der Waals surface area contributed by atoms with E-state index in [1.54, 1.807) is 0 Å². The molecular formula is C17H18FNO2. The molecule has 2 aromatic carbocycles. The summed E-state index contributed by atoms with van der Waals surface area (Å²) in [5.74, 6) is -0.105. The van der Waals surface area contributed by atoms with Crippen molar-refractivity contribution in [2.24, 2.45) is 0 Å². The zero-order valence-electron chi connectivity index (χ0n) is 12.1. The molecule has 110 valence electrons. The van der Waals surface area contributed by atoms with Gasteiger partial charge in [-0.05, 0) is 23.6 Å². The van der Waals surface area contributed by atoms with Crippen molar-refractivity contribution in [1.82, 2.24) is 0 Å². The van der Waals surface area contributed by atoms with E-state index in [0.29, 0.717) is 17.9 Å². The number of hydrogen-bond donors (Lipinski definition) is 1. The highest BCUT2D eigenvalue weighted by Gasteiger charge is 2.13.